The molecule has 0 unspecified atom stereocenters. The van der Waals surface area contributed by atoms with Crippen molar-refractivity contribution in [3.05, 3.63) is 97.1 Å². The first-order valence-electron chi connectivity index (χ1n) is 9.55. The van der Waals surface area contributed by atoms with E-state index in [9.17, 15) is 0 Å². The van der Waals surface area contributed by atoms with Crippen LogP contribution in [0, 0.1) is 0 Å². The van der Waals surface area contributed by atoms with Crippen molar-refractivity contribution in [1.82, 2.24) is 9.97 Å². The summed E-state index contributed by atoms with van der Waals surface area (Å²) in [5.74, 6) is 0. The first-order valence-corrected chi connectivity index (χ1v) is 9.55. The lowest BCUT2D eigenvalue weighted by Crippen LogP contribution is -1.88. The minimum atomic E-state index is 1.14. The van der Waals surface area contributed by atoms with E-state index >= 15 is 0 Å². The summed E-state index contributed by atoms with van der Waals surface area (Å²) < 4.78 is 0. The van der Waals surface area contributed by atoms with Gasteiger partial charge in [0.2, 0.25) is 0 Å². The molecule has 0 atom stereocenters. The van der Waals surface area contributed by atoms with Crippen molar-refractivity contribution in [1.29, 1.82) is 0 Å². The molecule has 0 saturated carbocycles. The maximum atomic E-state index is 3.63. The third-order valence-electron chi connectivity index (χ3n) is 5.55. The lowest BCUT2D eigenvalue weighted by molar-refractivity contribution is 1.43. The molecule has 0 fully saturated rings. The van der Waals surface area contributed by atoms with E-state index in [1.165, 1.54) is 32.7 Å². The summed E-state index contributed by atoms with van der Waals surface area (Å²) in [5.41, 5.74) is 7.05. The molecule has 132 valence electrons. The molecule has 28 heavy (non-hydrogen) atoms. The van der Waals surface area contributed by atoms with Gasteiger partial charge in [-0.1, -0.05) is 72.8 Å². The molecule has 0 radical (unpaired) electrons. The van der Waals surface area contributed by atoms with Gasteiger partial charge in [0, 0.05) is 44.3 Å². The molecule has 0 aliphatic rings. The van der Waals surface area contributed by atoms with Gasteiger partial charge in [-0.25, -0.2) is 0 Å². The van der Waals surface area contributed by atoms with E-state index in [2.05, 4.69) is 107 Å². The summed E-state index contributed by atoms with van der Waals surface area (Å²) in [5, 5.41) is 4.96. The second-order valence-electron chi connectivity index (χ2n) is 7.25. The number of aromatic amines is 2. The van der Waals surface area contributed by atoms with Crippen LogP contribution in [0.2, 0.25) is 0 Å². The summed E-state index contributed by atoms with van der Waals surface area (Å²) in [6.07, 6.45) is 0. The Labute approximate surface area is 162 Å². The van der Waals surface area contributed by atoms with Gasteiger partial charge in [-0.3, -0.25) is 0 Å². The van der Waals surface area contributed by atoms with Gasteiger partial charge in [0.1, 0.15) is 0 Å². The quantitative estimate of drug-likeness (QED) is 0.330. The van der Waals surface area contributed by atoms with Gasteiger partial charge in [-0.15, -0.1) is 0 Å². The minimum Gasteiger partial charge on any atom is -0.355 e. The Morgan fingerprint density at radius 2 is 1.04 bits per heavy atom. The molecule has 2 heteroatoms. The number of aromatic nitrogens is 2. The third kappa shape index (κ3) is 2.28. The molecule has 0 aliphatic heterocycles. The Kier molecular flexibility index (Phi) is 3.20. The monoisotopic (exact) mass is 358 g/mol. The Morgan fingerprint density at radius 3 is 1.75 bits per heavy atom. The number of H-pyrrole nitrogens is 2. The van der Waals surface area contributed by atoms with Crippen molar-refractivity contribution in [2.24, 2.45) is 0 Å². The Balaban J connectivity index is 1.70. The van der Waals surface area contributed by atoms with Gasteiger partial charge in [0.15, 0.2) is 0 Å². The highest BCUT2D eigenvalue weighted by Crippen LogP contribution is 2.39. The summed E-state index contributed by atoms with van der Waals surface area (Å²) in [7, 11) is 0. The van der Waals surface area contributed by atoms with E-state index in [0.717, 1.165) is 22.4 Å². The summed E-state index contributed by atoms with van der Waals surface area (Å²) in [6, 6.07) is 34.4. The molecule has 2 nitrogen and oxygen atoms in total. The predicted molar refractivity (Wildman–Crippen MR) is 119 cm³/mol. The van der Waals surface area contributed by atoms with E-state index in [-0.39, 0.29) is 0 Å². The summed E-state index contributed by atoms with van der Waals surface area (Å²) >= 11 is 0. The molecule has 0 bridgehead atoms. The van der Waals surface area contributed by atoms with Gasteiger partial charge in [0.25, 0.3) is 0 Å². The Hall–Kier alpha value is -3.78. The molecule has 0 aliphatic carbocycles. The van der Waals surface area contributed by atoms with Crippen LogP contribution in [0.3, 0.4) is 0 Å². The number of rotatable bonds is 2. The van der Waals surface area contributed by atoms with Crippen molar-refractivity contribution < 1.29 is 0 Å². The Morgan fingerprint density at radius 1 is 0.464 bits per heavy atom. The highest BCUT2D eigenvalue weighted by atomic mass is 14.7. The topological polar surface area (TPSA) is 31.6 Å². The fourth-order valence-electron chi connectivity index (χ4n) is 4.21. The van der Waals surface area contributed by atoms with Gasteiger partial charge in [-0.2, -0.15) is 0 Å². The second kappa shape index (κ2) is 5.86. The molecule has 2 N–H and O–H groups in total. The molecule has 6 rings (SSSR count). The van der Waals surface area contributed by atoms with Gasteiger partial charge < -0.3 is 9.97 Å². The zero-order valence-electron chi connectivity index (χ0n) is 15.2. The average molecular weight is 358 g/mol. The van der Waals surface area contributed by atoms with Crippen LogP contribution in [-0.4, -0.2) is 9.97 Å². The second-order valence-corrected chi connectivity index (χ2v) is 7.25. The minimum absolute atomic E-state index is 1.14. The number of hydrogen-bond acceptors (Lipinski definition) is 0. The van der Waals surface area contributed by atoms with E-state index in [0.29, 0.717) is 0 Å². The van der Waals surface area contributed by atoms with Crippen LogP contribution < -0.4 is 0 Å². The highest BCUT2D eigenvalue weighted by molar-refractivity contribution is 6.05. The van der Waals surface area contributed by atoms with Gasteiger partial charge >= 0.3 is 0 Å². The van der Waals surface area contributed by atoms with Crippen LogP contribution in [0.1, 0.15) is 0 Å². The van der Waals surface area contributed by atoms with Gasteiger partial charge in [0.05, 0.1) is 0 Å². The molecule has 0 spiro atoms. The first-order chi connectivity index (χ1) is 13.9. The molecule has 0 amide bonds. The molecule has 4 aromatic carbocycles. The lowest BCUT2D eigenvalue weighted by atomic mass is 9.94. The number of fused-ring (bicyclic) bond motifs is 3. The molecule has 6 aromatic rings. The van der Waals surface area contributed by atoms with Crippen LogP contribution in [0.15, 0.2) is 97.1 Å². The van der Waals surface area contributed by atoms with Gasteiger partial charge in [-0.05, 0) is 35.0 Å². The zero-order chi connectivity index (χ0) is 18.5. The summed E-state index contributed by atoms with van der Waals surface area (Å²) in [4.78, 5) is 7.24. The van der Waals surface area contributed by atoms with Crippen LogP contribution in [0.5, 0.6) is 0 Å². The fraction of sp³-hybridized carbons (Fsp3) is 0. The van der Waals surface area contributed by atoms with E-state index in [4.69, 9.17) is 0 Å². The maximum absolute atomic E-state index is 3.63. The maximum Gasteiger partial charge on any atom is 0.0477 e. The number of benzene rings is 4. The van der Waals surface area contributed by atoms with Crippen molar-refractivity contribution in [3.63, 3.8) is 0 Å². The number of hydrogen-bond donors (Lipinski definition) is 2. The molecular formula is C26H18N2. The highest BCUT2D eigenvalue weighted by Gasteiger charge is 2.15. The van der Waals surface area contributed by atoms with Crippen molar-refractivity contribution in [2.75, 3.05) is 0 Å². The average Bonchev–Trinajstić information content (AvgIpc) is 3.36. The van der Waals surface area contributed by atoms with Crippen LogP contribution in [-0.2, 0) is 0 Å². The predicted octanol–water partition coefficient (Wildman–Crippen LogP) is 7.14. The SMILES string of the molecule is c1ccc2[nH]c(-c3ccc4ccccc4c3-c3cc4ccccc4[nH]3)cc2c1. The Bertz CT molecular complexity index is 1400. The molecular weight excluding hydrogens is 340 g/mol. The molecule has 0 saturated heterocycles. The van der Waals surface area contributed by atoms with Crippen molar-refractivity contribution in [3.8, 4) is 22.5 Å². The largest absolute Gasteiger partial charge is 0.355 e. The number of para-hydroxylation sites is 2. The first kappa shape index (κ1) is 15.3. The normalized spacial score (nSPS) is 11.6. The lowest BCUT2D eigenvalue weighted by Gasteiger charge is -2.11. The summed E-state index contributed by atoms with van der Waals surface area (Å²) in [6.45, 7) is 0. The smallest absolute Gasteiger partial charge is 0.0477 e. The fourth-order valence-corrected chi connectivity index (χ4v) is 4.21. The van der Waals surface area contributed by atoms with E-state index < -0.39 is 0 Å². The van der Waals surface area contributed by atoms with E-state index in [1.54, 1.807) is 0 Å². The van der Waals surface area contributed by atoms with Crippen molar-refractivity contribution in [2.45, 2.75) is 0 Å². The van der Waals surface area contributed by atoms with Crippen molar-refractivity contribution >= 4 is 32.6 Å². The zero-order valence-corrected chi connectivity index (χ0v) is 15.2. The van der Waals surface area contributed by atoms with E-state index in [1.807, 2.05) is 0 Å². The molecule has 2 heterocycles. The van der Waals surface area contributed by atoms with Crippen LogP contribution in [0.4, 0.5) is 0 Å². The third-order valence-corrected chi connectivity index (χ3v) is 5.55. The standard InChI is InChI=1S/C26H18N2/c1-4-10-20-17(7-1)13-14-21(24-15-18-8-2-5-11-22(18)27-24)26(20)25-16-19-9-3-6-12-23(19)28-25/h1-16,27-28H. The van der Waals surface area contributed by atoms with Crippen LogP contribution in [0.25, 0.3) is 55.1 Å². The van der Waals surface area contributed by atoms with Crippen LogP contribution >= 0.6 is 0 Å². The molecule has 2 aromatic heterocycles. The number of nitrogens with one attached hydrogen (secondary N) is 2.